The van der Waals surface area contributed by atoms with E-state index in [-0.39, 0.29) is 16.5 Å². The number of carbonyl (C=O) groups is 1. The summed E-state index contributed by atoms with van der Waals surface area (Å²) in [5.74, 6) is -0.246. The first-order valence-corrected chi connectivity index (χ1v) is 8.56. The van der Waals surface area contributed by atoms with E-state index in [0.29, 0.717) is 19.0 Å². The van der Waals surface area contributed by atoms with Crippen LogP contribution in [0.1, 0.15) is 23.2 Å². The molecule has 2 aliphatic rings. The lowest BCUT2D eigenvalue weighted by Crippen LogP contribution is -2.44. The van der Waals surface area contributed by atoms with Gasteiger partial charge in [0.05, 0.1) is 23.8 Å². The van der Waals surface area contributed by atoms with E-state index in [0.717, 1.165) is 45.7 Å². The molecule has 1 amide bonds. The van der Waals surface area contributed by atoms with Gasteiger partial charge in [-0.3, -0.25) is 9.69 Å². The molecule has 2 heterocycles. The predicted octanol–water partition coefficient (Wildman–Crippen LogP) is 2.66. The average molecular weight is 341 g/mol. The summed E-state index contributed by atoms with van der Waals surface area (Å²) in [5, 5.41) is 0.186. The number of ether oxygens (including phenoxy) is 1. The van der Waals surface area contributed by atoms with Gasteiger partial charge >= 0.3 is 0 Å². The van der Waals surface area contributed by atoms with Crippen molar-refractivity contribution < 1.29 is 13.9 Å². The molecular weight excluding hydrogens is 319 g/mol. The molecule has 0 aromatic heterocycles. The van der Waals surface area contributed by atoms with E-state index >= 15 is 0 Å². The van der Waals surface area contributed by atoms with Crippen LogP contribution in [-0.4, -0.2) is 61.6 Å². The van der Waals surface area contributed by atoms with Crippen LogP contribution < -0.4 is 0 Å². The summed E-state index contributed by atoms with van der Waals surface area (Å²) < 4.78 is 19.3. The number of piperidine rings is 1. The van der Waals surface area contributed by atoms with Crippen LogP contribution in [-0.2, 0) is 4.74 Å². The molecule has 2 saturated heterocycles. The van der Waals surface area contributed by atoms with Gasteiger partial charge in [0, 0.05) is 32.7 Å². The molecule has 4 nitrogen and oxygen atoms in total. The van der Waals surface area contributed by atoms with E-state index in [9.17, 15) is 9.18 Å². The molecule has 0 aliphatic carbocycles. The number of benzene rings is 1. The van der Waals surface area contributed by atoms with Crippen LogP contribution in [0.5, 0.6) is 0 Å². The van der Waals surface area contributed by atoms with Crippen molar-refractivity contribution in [2.45, 2.75) is 12.8 Å². The van der Waals surface area contributed by atoms with Gasteiger partial charge in [-0.25, -0.2) is 4.39 Å². The van der Waals surface area contributed by atoms with Gasteiger partial charge in [-0.05, 0) is 30.9 Å². The standard InChI is InChI=1S/C17H22ClFN2O2/c18-14-2-1-3-15(19)16(14)17(22)21-6-4-13(5-7-21)12-20-8-10-23-11-9-20/h1-3,13H,4-12H2. The second kappa shape index (κ2) is 7.60. The number of halogens is 2. The van der Waals surface area contributed by atoms with Crippen LogP contribution in [0.25, 0.3) is 0 Å². The van der Waals surface area contributed by atoms with Crippen molar-refractivity contribution in [3.05, 3.63) is 34.6 Å². The minimum absolute atomic E-state index is 0.000737. The largest absolute Gasteiger partial charge is 0.379 e. The monoisotopic (exact) mass is 340 g/mol. The highest BCUT2D eigenvalue weighted by molar-refractivity contribution is 6.33. The third kappa shape index (κ3) is 4.03. The van der Waals surface area contributed by atoms with Gasteiger partial charge in [-0.15, -0.1) is 0 Å². The first-order chi connectivity index (χ1) is 11.1. The Hall–Kier alpha value is -1.17. The molecule has 3 rings (SSSR count). The minimum Gasteiger partial charge on any atom is -0.379 e. The molecule has 126 valence electrons. The van der Waals surface area contributed by atoms with Gasteiger partial charge in [-0.1, -0.05) is 17.7 Å². The van der Waals surface area contributed by atoms with E-state index in [4.69, 9.17) is 16.3 Å². The third-order valence-corrected chi connectivity index (χ3v) is 5.01. The molecule has 2 fully saturated rings. The number of amides is 1. The molecule has 6 heteroatoms. The summed E-state index contributed by atoms with van der Waals surface area (Å²) in [6.45, 7) is 5.99. The number of rotatable bonds is 3. The number of nitrogens with zero attached hydrogens (tertiary/aromatic N) is 2. The fourth-order valence-corrected chi connectivity index (χ4v) is 3.57. The van der Waals surface area contributed by atoms with E-state index in [1.54, 1.807) is 11.0 Å². The zero-order chi connectivity index (χ0) is 16.2. The molecule has 1 aromatic rings. The zero-order valence-electron chi connectivity index (χ0n) is 13.1. The Morgan fingerprint density at radius 2 is 1.91 bits per heavy atom. The molecular formula is C17H22ClFN2O2. The molecule has 0 saturated carbocycles. The maximum Gasteiger partial charge on any atom is 0.258 e. The molecule has 23 heavy (non-hydrogen) atoms. The van der Waals surface area contributed by atoms with Crippen LogP contribution in [0, 0.1) is 11.7 Å². The van der Waals surface area contributed by atoms with Crippen molar-refractivity contribution in [2.75, 3.05) is 45.9 Å². The highest BCUT2D eigenvalue weighted by Gasteiger charge is 2.27. The maximum absolute atomic E-state index is 13.9. The summed E-state index contributed by atoms with van der Waals surface area (Å²) in [7, 11) is 0. The number of hydrogen-bond acceptors (Lipinski definition) is 3. The molecule has 2 aliphatic heterocycles. The second-order valence-electron chi connectivity index (χ2n) is 6.25. The maximum atomic E-state index is 13.9. The first-order valence-electron chi connectivity index (χ1n) is 8.18. The lowest BCUT2D eigenvalue weighted by atomic mass is 9.95. The Labute approximate surface area is 141 Å². The van der Waals surface area contributed by atoms with Crippen molar-refractivity contribution in [1.82, 2.24) is 9.80 Å². The average Bonchev–Trinajstić information content (AvgIpc) is 2.56. The van der Waals surface area contributed by atoms with Gasteiger partial charge in [0.25, 0.3) is 5.91 Å². The molecule has 0 unspecified atom stereocenters. The van der Waals surface area contributed by atoms with Gasteiger partial charge in [0.15, 0.2) is 0 Å². The highest BCUT2D eigenvalue weighted by Crippen LogP contribution is 2.25. The number of likely N-dealkylation sites (tertiary alicyclic amines) is 1. The fraction of sp³-hybridized carbons (Fsp3) is 0.588. The van der Waals surface area contributed by atoms with E-state index < -0.39 is 5.82 Å². The zero-order valence-corrected chi connectivity index (χ0v) is 13.9. The van der Waals surface area contributed by atoms with Gasteiger partial charge in [0.2, 0.25) is 0 Å². The summed E-state index contributed by atoms with van der Waals surface area (Å²) in [6.07, 6.45) is 1.91. The van der Waals surface area contributed by atoms with Crippen LogP contribution in [0.15, 0.2) is 18.2 Å². The predicted molar refractivity (Wildman–Crippen MR) is 87.3 cm³/mol. The van der Waals surface area contributed by atoms with Gasteiger partial charge < -0.3 is 9.64 Å². The lowest BCUT2D eigenvalue weighted by Gasteiger charge is -2.36. The fourth-order valence-electron chi connectivity index (χ4n) is 3.33. The summed E-state index contributed by atoms with van der Waals surface area (Å²) in [6, 6.07) is 4.36. The first kappa shape index (κ1) is 16.7. The smallest absolute Gasteiger partial charge is 0.258 e. The van der Waals surface area contributed by atoms with Crippen LogP contribution >= 0.6 is 11.6 Å². The van der Waals surface area contributed by atoms with Crippen LogP contribution in [0.3, 0.4) is 0 Å². The van der Waals surface area contributed by atoms with Crippen molar-refractivity contribution >= 4 is 17.5 Å². The molecule has 0 bridgehead atoms. The second-order valence-corrected chi connectivity index (χ2v) is 6.65. The molecule has 1 aromatic carbocycles. The summed E-state index contributed by atoms with van der Waals surface area (Å²) >= 11 is 6.00. The van der Waals surface area contributed by atoms with Crippen molar-refractivity contribution in [3.8, 4) is 0 Å². The van der Waals surface area contributed by atoms with Crippen molar-refractivity contribution in [2.24, 2.45) is 5.92 Å². The quantitative estimate of drug-likeness (QED) is 0.848. The Bertz CT molecular complexity index is 535. The SMILES string of the molecule is O=C(c1c(F)cccc1Cl)N1CCC(CN2CCOCC2)CC1. The Morgan fingerprint density at radius 3 is 2.57 bits per heavy atom. The van der Waals surface area contributed by atoms with Gasteiger partial charge in [0.1, 0.15) is 5.82 Å². The third-order valence-electron chi connectivity index (χ3n) is 4.70. The number of carbonyl (C=O) groups excluding carboxylic acids is 1. The molecule has 0 N–H and O–H groups in total. The Balaban J connectivity index is 1.55. The van der Waals surface area contributed by atoms with Crippen molar-refractivity contribution in [3.63, 3.8) is 0 Å². The summed E-state index contributed by atoms with van der Waals surface area (Å²) in [5.41, 5.74) is 0.000737. The topological polar surface area (TPSA) is 32.8 Å². The Kier molecular flexibility index (Phi) is 5.51. The normalized spacial score (nSPS) is 20.7. The molecule has 0 spiro atoms. The molecule has 0 atom stereocenters. The van der Waals surface area contributed by atoms with E-state index in [1.807, 2.05) is 0 Å². The van der Waals surface area contributed by atoms with Crippen molar-refractivity contribution in [1.29, 1.82) is 0 Å². The number of morpholine rings is 1. The highest BCUT2D eigenvalue weighted by atomic mass is 35.5. The van der Waals surface area contributed by atoms with Gasteiger partial charge in [-0.2, -0.15) is 0 Å². The molecule has 0 radical (unpaired) electrons. The van der Waals surface area contributed by atoms with Crippen LogP contribution in [0.4, 0.5) is 4.39 Å². The lowest BCUT2D eigenvalue weighted by molar-refractivity contribution is 0.0242. The minimum atomic E-state index is -0.544. The Morgan fingerprint density at radius 1 is 1.22 bits per heavy atom. The summed E-state index contributed by atoms with van der Waals surface area (Å²) in [4.78, 5) is 16.7. The van der Waals surface area contributed by atoms with Crippen LogP contribution in [0.2, 0.25) is 5.02 Å². The van der Waals surface area contributed by atoms with E-state index in [1.165, 1.54) is 12.1 Å². The number of hydrogen-bond donors (Lipinski definition) is 0. The van der Waals surface area contributed by atoms with E-state index in [2.05, 4.69) is 4.90 Å².